The fourth-order valence-electron chi connectivity index (χ4n) is 1.81. The largest absolute Gasteiger partial charge is 0.383 e. The highest BCUT2D eigenvalue weighted by Crippen LogP contribution is 2.37. The van der Waals surface area contributed by atoms with Crippen molar-refractivity contribution in [2.24, 2.45) is 0 Å². The van der Waals surface area contributed by atoms with Gasteiger partial charge in [-0.3, -0.25) is 4.79 Å². The van der Waals surface area contributed by atoms with E-state index < -0.39 is 0 Å². The van der Waals surface area contributed by atoms with Crippen LogP contribution in [0.2, 0.25) is 0 Å². The smallest absolute Gasteiger partial charge is 0.252 e. The van der Waals surface area contributed by atoms with Crippen molar-refractivity contribution >= 4 is 5.82 Å². The predicted octanol–water partition coefficient (Wildman–Crippen LogP) is 1.12. The molecule has 1 N–H and O–H groups in total. The second-order valence-electron chi connectivity index (χ2n) is 4.34. The Labute approximate surface area is 101 Å². The Morgan fingerprint density at radius 2 is 2.35 bits per heavy atom. The molecular weight excluding hydrogens is 218 g/mol. The molecule has 0 radical (unpaired) electrons. The van der Waals surface area contributed by atoms with E-state index in [4.69, 9.17) is 4.74 Å². The summed E-state index contributed by atoms with van der Waals surface area (Å²) in [5.41, 5.74) is -0.0623. The maximum Gasteiger partial charge on any atom is 0.252 e. The normalized spacial score (nSPS) is 14.9. The number of aromatic nitrogens is 2. The van der Waals surface area contributed by atoms with E-state index in [2.05, 4.69) is 21.8 Å². The Balaban J connectivity index is 2.19. The van der Waals surface area contributed by atoms with Gasteiger partial charge in [0.15, 0.2) is 0 Å². The number of aromatic amines is 1. The molecule has 0 atom stereocenters. The Morgan fingerprint density at radius 1 is 1.59 bits per heavy atom. The molecule has 5 nitrogen and oxygen atoms in total. The zero-order chi connectivity index (χ0) is 12.3. The third-order valence-electron chi connectivity index (χ3n) is 2.98. The third-order valence-corrected chi connectivity index (χ3v) is 2.98. The minimum absolute atomic E-state index is 0.0623. The molecule has 1 aliphatic rings. The predicted molar refractivity (Wildman–Crippen MR) is 66.6 cm³/mol. The molecule has 0 saturated heterocycles. The van der Waals surface area contributed by atoms with Gasteiger partial charge in [0, 0.05) is 32.2 Å². The number of anilines is 1. The van der Waals surface area contributed by atoms with E-state index >= 15 is 0 Å². The third kappa shape index (κ3) is 3.06. The lowest BCUT2D eigenvalue weighted by Gasteiger charge is -2.21. The Morgan fingerprint density at radius 3 is 2.94 bits per heavy atom. The van der Waals surface area contributed by atoms with Gasteiger partial charge in [0.2, 0.25) is 0 Å². The lowest BCUT2D eigenvalue weighted by Crippen LogP contribution is -2.29. The monoisotopic (exact) mass is 237 g/mol. The summed E-state index contributed by atoms with van der Waals surface area (Å²) < 4.78 is 5.06. The first-order valence-corrected chi connectivity index (χ1v) is 6.09. The molecule has 0 aliphatic heterocycles. The van der Waals surface area contributed by atoms with Crippen LogP contribution in [-0.4, -0.2) is 36.8 Å². The van der Waals surface area contributed by atoms with Crippen LogP contribution in [0, 0.1) is 0 Å². The molecule has 1 heterocycles. The molecule has 1 aliphatic carbocycles. The topological polar surface area (TPSA) is 58.2 Å². The van der Waals surface area contributed by atoms with E-state index in [0.717, 1.165) is 37.6 Å². The molecule has 1 fully saturated rings. The molecule has 0 bridgehead atoms. The summed E-state index contributed by atoms with van der Waals surface area (Å²) in [6.07, 6.45) is 2.27. The van der Waals surface area contributed by atoms with Crippen molar-refractivity contribution in [3.63, 3.8) is 0 Å². The second-order valence-corrected chi connectivity index (χ2v) is 4.34. The minimum Gasteiger partial charge on any atom is -0.383 e. The number of ether oxygens (including phenoxy) is 1. The quantitative estimate of drug-likeness (QED) is 0.805. The number of hydrogen-bond donors (Lipinski definition) is 1. The molecular formula is C12H19N3O2. The summed E-state index contributed by atoms with van der Waals surface area (Å²) in [7, 11) is 1.68. The highest BCUT2D eigenvalue weighted by Gasteiger charge is 2.26. The molecule has 0 spiro atoms. The van der Waals surface area contributed by atoms with Gasteiger partial charge in [-0.05, 0) is 19.8 Å². The molecule has 1 saturated carbocycles. The van der Waals surface area contributed by atoms with Gasteiger partial charge in [0.05, 0.1) is 6.61 Å². The van der Waals surface area contributed by atoms with Crippen LogP contribution >= 0.6 is 0 Å². The number of H-pyrrole nitrogens is 1. The average molecular weight is 237 g/mol. The Bertz CT molecular complexity index is 426. The number of rotatable bonds is 6. The molecule has 0 amide bonds. The molecule has 1 aromatic heterocycles. The summed E-state index contributed by atoms with van der Waals surface area (Å²) in [6, 6.07) is 1.56. The van der Waals surface area contributed by atoms with Crippen LogP contribution in [0.4, 0.5) is 5.82 Å². The zero-order valence-corrected chi connectivity index (χ0v) is 10.4. The second kappa shape index (κ2) is 5.31. The number of methoxy groups -OCH3 is 1. The summed E-state index contributed by atoms with van der Waals surface area (Å²) in [5, 5.41) is 0. The van der Waals surface area contributed by atoms with E-state index in [1.807, 2.05) is 0 Å². The van der Waals surface area contributed by atoms with Crippen molar-refractivity contribution in [2.45, 2.75) is 25.7 Å². The lowest BCUT2D eigenvalue weighted by atomic mass is 10.3. The average Bonchev–Trinajstić information content (AvgIpc) is 3.13. The molecule has 2 rings (SSSR count). The van der Waals surface area contributed by atoms with Crippen LogP contribution in [-0.2, 0) is 4.74 Å². The minimum atomic E-state index is -0.0623. The van der Waals surface area contributed by atoms with E-state index in [1.165, 1.54) is 0 Å². The van der Waals surface area contributed by atoms with E-state index in [1.54, 1.807) is 13.2 Å². The zero-order valence-electron chi connectivity index (χ0n) is 10.4. The van der Waals surface area contributed by atoms with Crippen molar-refractivity contribution in [1.29, 1.82) is 0 Å². The molecule has 0 aromatic carbocycles. The summed E-state index contributed by atoms with van der Waals surface area (Å²) in [6.45, 7) is 4.27. The molecule has 94 valence electrons. The number of likely N-dealkylation sites (N-methyl/N-ethyl adjacent to an activating group) is 1. The van der Waals surface area contributed by atoms with Gasteiger partial charge >= 0.3 is 0 Å². The number of hydrogen-bond acceptors (Lipinski definition) is 4. The number of nitrogens with zero attached hydrogens (tertiary/aromatic N) is 2. The lowest BCUT2D eigenvalue weighted by molar-refractivity contribution is 0.205. The van der Waals surface area contributed by atoms with E-state index in [9.17, 15) is 4.79 Å². The van der Waals surface area contributed by atoms with Gasteiger partial charge in [-0.1, -0.05) is 0 Å². The van der Waals surface area contributed by atoms with Gasteiger partial charge in [-0.2, -0.15) is 0 Å². The standard InChI is InChI=1S/C12H19N3O2/c1-3-15(6-7-17-2)10-8-11(16)14-12(13-10)9-4-5-9/h8-9H,3-7H2,1-2H3,(H,13,14,16). The highest BCUT2D eigenvalue weighted by molar-refractivity contribution is 5.37. The first kappa shape index (κ1) is 12.1. The van der Waals surface area contributed by atoms with Crippen LogP contribution in [0.1, 0.15) is 31.5 Å². The van der Waals surface area contributed by atoms with Crippen molar-refractivity contribution in [2.75, 3.05) is 31.7 Å². The molecule has 17 heavy (non-hydrogen) atoms. The SMILES string of the molecule is CCN(CCOC)c1cc(=O)[nH]c(C2CC2)n1. The van der Waals surface area contributed by atoms with Crippen molar-refractivity contribution in [3.05, 3.63) is 22.2 Å². The number of nitrogens with one attached hydrogen (secondary N) is 1. The molecule has 1 aromatic rings. The fourth-order valence-corrected chi connectivity index (χ4v) is 1.81. The van der Waals surface area contributed by atoms with Gasteiger partial charge in [0.1, 0.15) is 11.6 Å². The van der Waals surface area contributed by atoms with E-state index in [0.29, 0.717) is 12.5 Å². The molecule has 0 unspecified atom stereocenters. The first-order valence-electron chi connectivity index (χ1n) is 6.09. The maximum atomic E-state index is 11.6. The van der Waals surface area contributed by atoms with Crippen LogP contribution in [0.25, 0.3) is 0 Å². The molecule has 5 heteroatoms. The van der Waals surface area contributed by atoms with Crippen molar-refractivity contribution in [1.82, 2.24) is 9.97 Å². The maximum absolute atomic E-state index is 11.6. The van der Waals surface area contributed by atoms with Gasteiger partial charge < -0.3 is 14.6 Å². The van der Waals surface area contributed by atoms with Crippen LogP contribution < -0.4 is 10.5 Å². The van der Waals surface area contributed by atoms with E-state index in [-0.39, 0.29) is 5.56 Å². The van der Waals surface area contributed by atoms with Crippen molar-refractivity contribution < 1.29 is 4.74 Å². The summed E-state index contributed by atoms with van der Waals surface area (Å²) in [4.78, 5) is 21.0. The Hall–Kier alpha value is -1.36. The van der Waals surface area contributed by atoms with Crippen LogP contribution in [0.3, 0.4) is 0 Å². The van der Waals surface area contributed by atoms with Crippen molar-refractivity contribution in [3.8, 4) is 0 Å². The van der Waals surface area contributed by atoms with Gasteiger partial charge in [0.25, 0.3) is 5.56 Å². The summed E-state index contributed by atoms with van der Waals surface area (Å²) in [5.74, 6) is 2.06. The highest BCUT2D eigenvalue weighted by atomic mass is 16.5. The van der Waals surface area contributed by atoms with Crippen LogP contribution in [0.15, 0.2) is 10.9 Å². The van der Waals surface area contributed by atoms with Gasteiger partial charge in [-0.25, -0.2) is 4.98 Å². The van der Waals surface area contributed by atoms with Crippen LogP contribution in [0.5, 0.6) is 0 Å². The summed E-state index contributed by atoms with van der Waals surface area (Å²) >= 11 is 0. The fraction of sp³-hybridized carbons (Fsp3) is 0.667. The Kier molecular flexibility index (Phi) is 3.78. The first-order chi connectivity index (χ1) is 8.24. The van der Waals surface area contributed by atoms with Gasteiger partial charge in [-0.15, -0.1) is 0 Å².